The molecule has 1 unspecified atom stereocenters. The van der Waals surface area contributed by atoms with E-state index in [-0.39, 0.29) is 12.0 Å². The lowest BCUT2D eigenvalue weighted by atomic mass is 9.94. The van der Waals surface area contributed by atoms with Gasteiger partial charge in [-0.1, -0.05) is 29.8 Å². The van der Waals surface area contributed by atoms with Gasteiger partial charge in [-0.25, -0.2) is 8.42 Å². The Morgan fingerprint density at radius 1 is 1.32 bits per heavy atom. The van der Waals surface area contributed by atoms with Gasteiger partial charge in [-0.3, -0.25) is 4.79 Å². The van der Waals surface area contributed by atoms with Crippen LogP contribution < -0.4 is 5.32 Å². The smallest absolute Gasteiger partial charge is 0.244 e. The van der Waals surface area contributed by atoms with Crippen LogP contribution in [0.3, 0.4) is 0 Å². The van der Waals surface area contributed by atoms with E-state index in [0.29, 0.717) is 50.7 Å². The molecule has 1 aromatic carbocycles. The first-order valence-corrected chi connectivity index (χ1v) is 10.7. The van der Waals surface area contributed by atoms with Crippen LogP contribution in [0.4, 0.5) is 0 Å². The van der Waals surface area contributed by atoms with Crippen LogP contribution >= 0.6 is 11.6 Å². The Morgan fingerprint density at radius 2 is 2.00 bits per heavy atom. The fourth-order valence-electron chi connectivity index (χ4n) is 3.62. The van der Waals surface area contributed by atoms with Gasteiger partial charge in [0.05, 0.1) is 13.2 Å². The molecule has 0 spiro atoms. The lowest BCUT2D eigenvalue weighted by Gasteiger charge is -2.41. The minimum Gasteiger partial charge on any atom is -0.370 e. The topological polar surface area (TPSA) is 75.7 Å². The van der Waals surface area contributed by atoms with E-state index in [1.54, 1.807) is 11.0 Å². The minimum absolute atomic E-state index is 0.304. The molecule has 1 aromatic rings. The predicted molar refractivity (Wildman–Crippen MR) is 96.4 cm³/mol. The van der Waals surface area contributed by atoms with Gasteiger partial charge in [0, 0.05) is 23.4 Å². The number of nitrogens with zero attached hydrogens (tertiary/aromatic N) is 1. The number of benzene rings is 1. The van der Waals surface area contributed by atoms with E-state index < -0.39 is 14.6 Å². The zero-order valence-corrected chi connectivity index (χ0v) is 15.8. The van der Waals surface area contributed by atoms with Crippen LogP contribution in [0.5, 0.6) is 0 Å². The molecule has 1 atom stereocenters. The minimum atomic E-state index is -3.52. The fraction of sp³-hybridized carbons (Fsp3) is 0.588. The highest BCUT2D eigenvalue weighted by molar-refractivity contribution is 7.92. The molecule has 2 heterocycles. The fourth-order valence-corrected chi connectivity index (χ4v) is 5.27. The highest BCUT2D eigenvalue weighted by Gasteiger charge is 2.51. The molecule has 0 aromatic heterocycles. The van der Waals surface area contributed by atoms with Gasteiger partial charge < -0.3 is 15.0 Å². The number of hydrogen-bond acceptors (Lipinski definition) is 5. The Labute approximate surface area is 153 Å². The third kappa shape index (κ3) is 3.56. The van der Waals surface area contributed by atoms with E-state index in [9.17, 15) is 13.2 Å². The molecule has 2 fully saturated rings. The number of carbonyl (C=O) groups is 1. The van der Waals surface area contributed by atoms with Crippen molar-refractivity contribution >= 4 is 27.3 Å². The molecule has 6 nitrogen and oxygen atoms in total. The summed E-state index contributed by atoms with van der Waals surface area (Å²) in [6, 6.07) is 7.37. The molecule has 2 aliphatic heterocycles. The number of ether oxygens (including phenoxy) is 1. The van der Waals surface area contributed by atoms with Gasteiger partial charge in [-0.2, -0.15) is 0 Å². The molecule has 2 aliphatic rings. The summed E-state index contributed by atoms with van der Waals surface area (Å²) in [6.45, 7) is 2.12. The van der Waals surface area contributed by atoms with E-state index in [0.717, 1.165) is 5.56 Å². The number of rotatable bonds is 3. The van der Waals surface area contributed by atoms with Crippen LogP contribution in [0.2, 0.25) is 5.02 Å². The number of piperidine rings is 1. The SMILES string of the molecule is CS(=O)(=O)C1(C(=O)N2CCOC(c3ccccc3Cl)C2)CCNCC1. The summed E-state index contributed by atoms with van der Waals surface area (Å²) in [6.07, 6.45) is 1.43. The third-order valence-electron chi connectivity index (χ3n) is 5.12. The van der Waals surface area contributed by atoms with Crippen LogP contribution in [0.15, 0.2) is 24.3 Å². The van der Waals surface area contributed by atoms with Crippen LogP contribution in [-0.2, 0) is 19.4 Å². The molecule has 1 amide bonds. The van der Waals surface area contributed by atoms with E-state index in [4.69, 9.17) is 16.3 Å². The number of sulfone groups is 1. The summed E-state index contributed by atoms with van der Waals surface area (Å²) >= 11 is 6.25. The molecule has 0 saturated carbocycles. The average Bonchev–Trinajstić information content (AvgIpc) is 2.61. The summed E-state index contributed by atoms with van der Waals surface area (Å²) in [5.74, 6) is -0.308. The number of hydrogen-bond donors (Lipinski definition) is 1. The zero-order valence-electron chi connectivity index (χ0n) is 14.2. The van der Waals surface area contributed by atoms with Crippen molar-refractivity contribution in [3.63, 3.8) is 0 Å². The van der Waals surface area contributed by atoms with Crippen molar-refractivity contribution in [2.45, 2.75) is 23.7 Å². The van der Waals surface area contributed by atoms with Crippen LogP contribution in [0.25, 0.3) is 0 Å². The van der Waals surface area contributed by atoms with Gasteiger partial charge in [0.1, 0.15) is 6.10 Å². The zero-order chi connectivity index (χ0) is 18.1. The van der Waals surface area contributed by atoms with Crippen molar-refractivity contribution in [2.24, 2.45) is 0 Å². The van der Waals surface area contributed by atoms with E-state index in [1.165, 1.54) is 6.26 Å². The molecule has 1 N–H and O–H groups in total. The molecule has 0 bridgehead atoms. The van der Waals surface area contributed by atoms with Crippen LogP contribution in [0, 0.1) is 0 Å². The predicted octanol–water partition coefficient (Wildman–Crippen LogP) is 1.41. The summed E-state index contributed by atoms with van der Waals surface area (Å²) in [7, 11) is -3.52. The first-order valence-electron chi connectivity index (χ1n) is 8.41. The quantitative estimate of drug-likeness (QED) is 0.850. The van der Waals surface area contributed by atoms with Crippen molar-refractivity contribution in [1.29, 1.82) is 0 Å². The number of morpholine rings is 1. The van der Waals surface area contributed by atoms with E-state index in [1.807, 2.05) is 18.2 Å². The second-order valence-electron chi connectivity index (χ2n) is 6.65. The Kier molecular flexibility index (Phi) is 5.39. The maximum absolute atomic E-state index is 13.2. The maximum atomic E-state index is 13.2. The van der Waals surface area contributed by atoms with Crippen molar-refractivity contribution in [1.82, 2.24) is 10.2 Å². The highest BCUT2D eigenvalue weighted by atomic mass is 35.5. The Hall–Kier alpha value is -1.15. The van der Waals surface area contributed by atoms with E-state index >= 15 is 0 Å². The van der Waals surface area contributed by atoms with Crippen LogP contribution in [0.1, 0.15) is 24.5 Å². The number of carbonyl (C=O) groups excluding carboxylic acids is 1. The second kappa shape index (κ2) is 7.23. The molecule has 138 valence electrons. The Balaban J connectivity index is 1.85. The van der Waals surface area contributed by atoms with Gasteiger partial charge in [-0.15, -0.1) is 0 Å². The molecule has 3 rings (SSSR count). The largest absolute Gasteiger partial charge is 0.370 e. The number of halogens is 1. The standard InChI is InChI=1S/C17H23ClN2O4S/c1-25(22,23)17(6-8-19-9-7-17)16(21)20-10-11-24-15(12-20)13-4-2-3-5-14(13)18/h2-5,15,19H,6-12H2,1H3. The molecule has 25 heavy (non-hydrogen) atoms. The molecular formula is C17H23ClN2O4S. The van der Waals surface area contributed by atoms with E-state index in [2.05, 4.69) is 5.32 Å². The van der Waals surface area contributed by atoms with Gasteiger partial charge in [0.25, 0.3) is 0 Å². The molecule has 2 saturated heterocycles. The first-order chi connectivity index (χ1) is 11.8. The normalized spacial score (nSPS) is 24.1. The molecular weight excluding hydrogens is 364 g/mol. The van der Waals surface area contributed by atoms with Crippen molar-refractivity contribution in [2.75, 3.05) is 39.0 Å². The number of nitrogens with one attached hydrogen (secondary N) is 1. The average molecular weight is 387 g/mol. The van der Waals surface area contributed by atoms with Gasteiger partial charge in [0.2, 0.25) is 5.91 Å². The summed E-state index contributed by atoms with van der Waals surface area (Å²) in [4.78, 5) is 14.8. The molecule has 8 heteroatoms. The third-order valence-corrected chi connectivity index (χ3v) is 7.46. The number of amides is 1. The second-order valence-corrected chi connectivity index (χ2v) is 9.38. The lowest BCUT2D eigenvalue weighted by molar-refractivity contribution is -0.142. The van der Waals surface area contributed by atoms with Gasteiger partial charge in [0.15, 0.2) is 14.6 Å². The molecule has 0 aliphatic carbocycles. The van der Waals surface area contributed by atoms with Crippen LogP contribution in [-0.4, -0.2) is 63.0 Å². The molecule has 0 radical (unpaired) electrons. The monoisotopic (exact) mass is 386 g/mol. The van der Waals surface area contributed by atoms with Crippen molar-refractivity contribution in [3.8, 4) is 0 Å². The Morgan fingerprint density at radius 3 is 2.64 bits per heavy atom. The summed E-state index contributed by atoms with van der Waals surface area (Å²) in [5, 5.41) is 3.72. The summed E-state index contributed by atoms with van der Waals surface area (Å²) in [5.41, 5.74) is 0.820. The lowest BCUT2D eigenvalue weighted by Crippen LogP contribution is -2.60. The Bertz CT molecular complexity index is 747. The van der Waals surface area contributed by atoms with Gasteiger partial charge in [-0.05, 0) is 32.0 Å². The first kappa shape index (κ1) is 18.6. The van der Waals surface area contributed by atoms with Crippen molar-refractivity contribution in [3.05, 3.63) is 34.9 Å². The summed E-state index contributed by atoms with van der Waals surface area (Å²) < 4.78 is 29.4. The highest BCUT2D eigenvalue weighted by Crippen LogP contribution is 2.33. The van der Waals surface area contributed by atoms with Crippen molar-refractivity contribution < 1.29 is 17.9 Å². The maximum Gasteiger partial charge on any atom is 0.244 e. The van der Waals surface area contributed by atoms with Gasteiger partial charge >= 0.3 is 0 Å².